The molecule has 0 aliphatic carbocycles. The van der Waals surface area contributed by atoms with Gasteiger partial charge in [0.25, 0.3) is 0 Å². The normalized spacial score (nSPS) is 10.0. The van der Waals surface area contributed by atoms with Crippen molar-refractivity contribution in [1.82, 2.24) is 0 Å². The van der Waals surface area contributed by atoms with E-state index in [-0.39, 0.29) is 5.23 Å². The smallest absolute Gasteiger partial charge is 0.0975 e. The summed E-state index contributed by atoms with van der Waals surface area (Å²) in [4.78, 5) is 0. The van der Waals surface area contributed by atoms with Crippen LogP contribution in [-0.4, -0.2) is 10.4 Å². The second-order valence-corrected chi connectivity index (χ2v) is 3.66. The van der Waals surface area contributed by atoms with Gasteiger partial charge in [-0.1, -0.05) is 6.92 Å². The van der Waals surface area contributed by atoms with Crippen molar-refractivity contribution in [3.05, 3.63) is 27.3 Å². The van der Waals surface area contributed by atoms with Gasteiger partial charge in [0, 0.05) is 3.57 Å². The first-order chi connectivity index (χ1) is 5.65. The minimum atomic E-state index is 0.162. The van der Waals surface area contributed by atoms with Crippen molar-refractivity contribution < 1.29 is 10.4 Å². The van der Waals surface area contributed by atoms with Crippen molar-refractivity contribution in [3.8, 4) is 0 Å². The molecule has 2 N–H and O–H groups in total. The summed E-state index contributed by atoms with van der Waals surface area (Å²) in [6.07, 6.45) is 0.782. The SMILES string of the molecule is CCc1cc(I)ccc1N(O)O. The molecule has 0 radical (unpaired) electrons. The van der Waals surface area contributed by atoms with E-state index in [2.05, 4.69) is 22.6 Å². The Morgan fingerprint density at radius 3 is 2.58 bits per heavy atom. The maximum Gasteiger partial charge on any atom is 0.0975 e. The molecule has 1 rings (SSSR count). The van der Waals surface area contributed by atoms with E-state index in [0.717, 1.165) is 15.6 Å². The number of halogens is 1. The van der Waals surface area contributed by atoms with E-state index in [1.807, 2.05) is 19.1 Å². The Kier molecular flexibility index (Phi) is 3.30. The zero-order valence-electron chi connectivity index (χ0n) is 6.66. The number of hydrogen-bond donors (Lipinski definition) is 2. The van der Waals surface area contributed by atoms with E-state index in [1.54, 1.807) is 6.07 Å². The van der Waals surface area contributed by atoms with Crippen LogP contribution in [0, 0.1) is 3.57 Å². The van der Waals surface area contributed by atoms with Gasteiger partial charge < -0.3 is 0 Å². The van der Waals surface area contributed by atoms with Crippen molar-refractivity contribution in [2.24, 2.45) is 0 Å². The van der Waals surface area contributed by atoms with Gasteiger partial charge in [0.05, 0.1) is 5.69 Å². The Morgan fingerprint density at radius 2 is 2.08 bits per heavy atom. The topological polar surface area (TPSA) is 43.7 Å². The Balaban J connectivity index is 3.11. The monoisotopic (exact) mass is 279 g/mol. The molecular formula is C8H10INO2. The molecule has 1 aromatic rings. The summed E-state index contributed by atoms with van der Waals surface area (Å²) in [6, 6.07) is 5.43. The van der Waals surface area contributed by atoms with Crippen molar-refractivity contribution >= 4 is 28.3 Å². The van der Waals surface area contributed by atoms with Gasteiger partial charge in [0.1, 0.15) is 0 Å². The largest absolute Gasteiger partial charge is 0.264 e. The summed E-state index contributed by atoms with van der Waals surface area (Å²) >= 11 is 2.19. The predicted molar refractivity (Wildman–Crippen MR) is 54.6 cm³/mol. The van der Waals surface area contributed by atoms with Crippen LogP contribution >= 0.6 is 22.6 Å². The molecule has 0 atom stereocenters. The molecule has 0 spiro atoms. The van der Waals surface area contributed by atoms with Crippen LogP contribution in [0.4, 0.5) is 5.69 Å². The lowest BCUT2D eigenvalue weighted by Crippen LogP contribution is -2.13. The molecule has 12 heavy (non-hydrogen) atoms. The van der Waals surface area contributed by atoms with E-state index in [4.69, 9.17) is 10.4 Å². The second kappa shape index (κ2) is 4.06. The van der Waals surface area contributed by atoms with Crippen LogP contribution in [0.15, 0.2) is 18.2 Å². The number of aryl methyl sites for hydroxylation is 1. The zero-order valence-corrected chi connectivity index (χ0v) is 8.82. The lowest BCUT2D eigenvalue weighted by atomic mass is 10.1. The summed E-state index contributed by atoms with van der Waals surface area (Å²) in [5.74, 6) is 0. The standard InChI is InChI=1S/C8H10INO2/c1-2-6-5-7(9)3-4-8(6)10(11)12/h3-5,11-12H,2H2,1H3. The highest BCUT2D eigenvalue weighted by Gasteiger charge is 2.05. The van der Waals surface area contributed by atoms with Crippen LogP contribution in [0.2, 0.25) is 0 Å². The fraction of sp³-hybridized carbons (Fsp3) is 0.250. The molecule has 4 heteroatoms. The number of hydrogen-bond acceptors (Lipinski definition) is 3. The summed E-state index contributed by atoms with van der Waals surface area (Å²) in [5.41, 5.74) is 1.37. The predicted octanol–water partition coefficient (Wildman–Crippen LogP) is 2.44. The molecule has 0 fully saturated rings. The second-order valence-electron chi connectivity index (χ2n) is 2.42. The molecule has 0 aromatic heterocycles. The lowest BCUT2D eigenvalue weighted by molar-refractivity contribution is 0.0287. The van der Waals surface area contributed by atoms with Crippen molar-refractivity contribution in [1.29, 1.82) is 0 Å². The molecule has 0 unspecified atom stereocenters. The summed E-state index contributed by atoms with van der Waals surface area (Å²) in [6.45, 7) is 1.97. The van der Waals surface area contributed by atoms with Crippen molar-refractivity contribution in [3.63, 3.8) is 0 Å². The molecule has 0 saturated carbocycles. The summed E-state index contributed by atoms with van der Waals surface area (Å²) in [5, 5.41) is 17.8. The number of rotatable bonds is 2. The van der Waals surface area contributed by atoms with Gasteiger partial charge in [-0.05, 0) is 52.8 Å². The highest BCUT2D eigenvalue weighted by Crippen LogP contribution is 2.21. The van der Waals surface area contributed by atoms with Gasteiger partial charge in [-0.2, -0.15) is 0 Å². The maximum absolute atomic E-state index is 8.81. The highest BCUT2D eigenvalue weighted by molar-refractivity contribution is 14.1. The van der Waals surface area contributed by atoms with Crippen LogP contribution in [0.5, 0.6) is 0 Å². The Labute approximate surface area is 84.7 Å². The first-order valence-corrected chi connectivity index (χ1v) is 4.69. The number of nitrogens with zero attached hydrogens (tertiary/aromatic N) is 1. The van der Waals surface area contributed by atoms with Gasteiger partial charge >= 0.3 is 0 Å². The van der Waals surface area contributed by atoms with E-state index < -0.39 is 0 Å². The lowest BCUT2D eigenvalue weighted by Gasteiger charge is -2.12. The van der Waals surface area contributed by atoms with Crippen LogP contribution in [0.25, 0.3) is 0 Å². The van der Waals surface area contributed by atoms with Gasteiger partial charge in [0.15, 0.2) is 0 Å². The van der Waals surface area contributed by atoms with Crippen molar-refractivity contribution in [2.75, 3.05) is 5.23 Å². The minimum absolute atomic E-state index is 0.162. The first kappa shape index (κ1) is 9.76. The van der Waals surface area contributed by atoms with Crippen LogP contribution in [-0.2, 0) is 6.42 Å². The Bertz CT molecular complexity index is 276. The fourth-order valence-corrected chi connectivity index (χ4v) is 1.59. The van der Waals surface area contributed by atoms with Crippen molar-refractivity contribution in [2.45, 2.75) is 13.3 Å². The minimum Gasteiger partial charge on any atom is -0.264 e. The summed E-state index contributed by atoms with van der Waals surface area (Å²) < 4.78 is 1.09. The molecule has 0 saturated heterocycles. The molecule has 0 aliphatic rings. The van der Waals surface area contributed by atoms with Gasteiger partial charge in [-0.15, -0.1) is 5.23 Å². The number of anilines is 1. The zero-order chi connectivity index (χ0) is 9.14. The van der Waals surface area contributed by atoms with Gasteiger partial charge in [-0.3, -0.25) is 10.4 Å². The van der Waals surface area contributed by atoms with E-state index in [1.165, 1.54) is 0 Å². The molecule has 3 nitrogen and oxygen atoms in total. The van der Waals surface area contributed by atoms with Crippen LogP contribution in [0.3, 0.4) is 0 Å². The van der Waals surface area contributed by atoms with E-state index >= 15 is 0 Å². The molecule has 66 valence electrons. The molecule has 0 heterocycles. The molecule has 0 bridgehead atoms. The fourth-order valence-electron chi connectivity index (χ4n) is 1.03. The Morgan fingerprint density at radius 1 is 1.42 bits per heavy atom. The average Bonchev–Trinajstić information content (AvgIpc) is 2.03. The number of benzene rings is 1. The quantitative estimate of drug-likeness (QED) is 0.645. The molecule has 0 amide bonds. The highest BCUT2D eigenvalue weighted by atomic mass is 127. The van der Waals surface area contributed by atoms with Gasteiger partial charge in [-0.25, -0.2) is 0 Å². The third kappa shape index (κ3) is 2.09. The first-order valence-electron chi connectivity index (χ1n) is 3.61. The molecule has 0 aliphatic heterocycles. The average molecular weight is 279 g/mol. The summed E-state index contributed by atoms with van der Waals surface area (Å²) in [7, 11) is 0. The molecular weight excluding hydrogens is 269 g/mol. The third-order valence-electron chi connectivity index (χ3n) is 1.64. The molecule has 1 aromatic carbocycles. The Hall–Kier alpha value is -0.330. The van der Waals surface area contributed by atoms with E-state index in [9.17, 15) is 0 Å². The van der Waals surface area contributed by atoms with Crippen LogP contribution in [0.1, 0.15) is 12.5 Å². The van der Waals surface area contributed by atoms with Crippen LogP contribution < -0.4 is 5.23 Å². The van der Waals surface area contributed by atoms with Gasteiger partial charge in [0.2, 0.25) is 0 Å². The van der Waals surface area contributed by atoms with E-state index in [0.29, 0.717) is 5.69 Å². The maximum atomic E-state index is 8.81. The third-order valence-corrected chi connectivity index (χ3v) is 2.31.